The Balaban J connectivity index is 1.95. The molecule has 0 radical (unpaired) electrons. The lowest BCUT2D eigenvalue weighted by atomic mass is 9.64. The monoisotopic (exact) mass is 477 g/mol. The van der Waals surface area contributed by atoms with Crippen LogP contribution < -0.4 is 0 Å². The van der Waals surface area contributed by atoms with Gasteiger partial charge in [0.15, 0.2) is 4.77 Å². The van der Waals surface area contributed by atoms with Gasteiger partial charge in [-0.05, 0) is 61.0 Å². The van der Waals surface area contributed by atoms with Gasteiger partial charge in [0, 0.05) is 5.02 Å². The lowest BCUT2D eigenvalue weighted by molar-refractivity contribution is -0.143. The Bertz CT molecular complexity index is 1140. The van der Waals surface area contributed by atoms with Gasteiger partial charge in [-0.25, -0.2) is 0 Å². The van der Waals surface area contributed by atoms with Gasteiger partial charge in [0.2, 0.25) is 0 Å². The second-order valence-corrected chi connectivity index (χ2v) is 8.22. The number of nitrogens with one attached hydrogen (secondary N) is 1. The van der Waals surface area contributed by atoms with E-state index in [2.05, 4.69) is 10.2 Å². The molecule has 0 unspecified atom stereocenters. The highest BCUT2D eigenvalue weighted by molar-refractivity contribution is 7.71. The van der Waals surface area contributed by atoms with E-state index < -0.39 is 28.9 Å². The highest BCUT2D eigenvalue weighted by Gasteiger charge is 2.45. The molecule has 0 spiro atoms. The molecule has 0 amide bonds. The third kappa shape index (κ3) is 3.87. The fourth-order valence-corrected chi connectivity index (χ4v) is 4.23. The first-order valence-corrected chi connectivity index (χ1v) is 9.94. The molecular formula is C20H14ClF6N3S. The predicted molar refractivity (Wildman–Crippen MR) is 105 cm³/mol. The maximum absolute atomic E-state index is 13.4. The normalized spacial score (nSPS) is 16.2. The number of nitrogens with zero attached hydrogens (tertiary/aromatic N) is 2. The second-order valence-electron chi connectivity index (χ2n) is 7.39. The number of aromatic nitrogens is 3. The molecule has 1 aromatic heterocycles. The van der Waals surface area contributed by atoms with Crippen LogP contribution in [0.25, 0.3) is 5.69 Å². The average molecular weight is 478 g/mol. The van der Waals surface area contributed by atoms with E-state index in [0.717, 1.165) is 16.6 Å². The number of benzene rings is 2. The largest absolute Gasteiger partial charge is 0.416 e. The molecule has 1 aliphatic rings. The van der Waals surface area contributed by atoms with Crippen molar-refractivity contribution >= 4 is 23.8 Å². The Labute approximate surface area is 182 Å². The minimum Gasteiger partial charge on any atom is -0.271 e. The Morgan fingerprint density at radius 2 is 1.48 bits per heavy atom. The van der Waals surface area contributed by atoms with E-state index in [1.54, 1.807) is 24.3 Å². The Morgan fingerprint density at radius 3 is 1.94 bits per heavy atom. The van der Waals surface area contributed by atoms with Crippen molar-refractivity contribution in [3.63, 3.8) is 0 Å². The van der Waals surface area contributed by atoms with Crippen LogP contribution in [0.1, 0.15) is 41.8 Å². The van der Waals surface area contributed by atoms with Gasteiger partial charge in [0.1, 0.15) is 5.82 Å². The zero-order valence-corrected chi connectivity index (χ0v) is 17.2. The number of rotatable bonds is 3. The molecule has 3 aromatic rings. The molecule has 31 heavy (non-hydrogen) atoms. The molecule has 11 heteroatoms. The van der Waals surface area contributed by atoms with Gasteiger partial charge in [-0.3, -0.25) is 9.67 Å². The number of hydrogen-bond acceptors (Lipinski definition) is 2. The Hall–Kier alpha value is -2.33. The fraction of sp³-hybridized carbons (Fsp3) is 0.300. The maximum Gasteiger partial charge on any atom is 0.416 e. The molecule has 1 saturated carbocycles. The van der Waals surface area contributed by atoms with E-state index in [1.165, 1.54) is 0 Å². The minimum atomic E-state index is -4.97. The standard InChI is InChI=1S/C20H14ClF6N3S/c21-14-4-2-11(3-5-14)18(6-1-7-18)16-28-29-17(31)30(16)15-9-12(19(22,23)24)8-13(10-15)20(25,26)27/h2-5,8-10H,1,6-7H2,(H,29,31). The van der Waals surface area contributed by atoms with Crippen molar-refractivity contribution in [2.75, 3.05) is 0 Å². The van der Waals surface area contributed by atoms with Crippen molar-refractivity contribution in [3.05, 3.63) is 74.8 Å². The number of hydrogen-bond donors (Lipinski definition) is 1. The molecule has 0 saturated heterocycles. The van der Waals surface area contributed by atoms with Crippen molar-refractivity contribution < 1.29 is 26.3 Å². The molecule has 4 rings (SSSR count). The summed E-state index contributed by atoms with van der Waals surface area (Å²) in [5.74, 6) is 0.263. The van der Waals surface area contributed by atoms with Gasteiger partial charge >= 0.3 is 12.4 Å². The van der Waals surface area contributed by atoms with Crippen LogP contribution in [0.5, 0.6) is 0 Å². The van der Waals surface area contributed by atoms with Gasteiger partial charge < -0.3 is 0 Å². The molecule has 164 valence electrons. The van der Waals surface area contributed by atoms with Crippen LogP contribution in [-0.4, -0.2) is 14.8 Å². The van der Waals surface area contributed by atoms with Crippen LogP contribution >= 0.6 is 23.8 Å². The Morgan fingerprint density at radius 1 is 0.935 bits per heavy atom. The molecular weight excluding hydrogens is 464 g/mol. The minimum absolute atomic E-state index is 0.0885. The van der Waals surface area contributed by atoms with Crippen LogP contribution in [0.2, 0.25) is 5.02 Å². The van der Waals surface area contributed by atoms with Gasteiger partial charge in [-0.2, -0.15) is 31.4 Å². The maximum atomic E-state index is 13.4. The van der Waals surface area contributed by atoms with Gasteiger partial charge in [0.05, 0.1) is 22.2 Å². The highest BCUT2D eigenvalue weighted by Crippen LogP contribution is 2.49. The smallest absolute Gasteiger partial charge is 0.271 e. The quantitative estimate of drug-likeness (QED) is 0.323. The number of H-pyrrole nitrogens is 1. The lowest BCUT2D eigenvalue weighted by Crippen LogP contribution is -2.38. The zero-order valence-electron chi connectivity index (χ0n) is 15.6. The fourth-order valence-electron chi connectivity index (χ4n) is 3.87. The summed E-state index contributed by atoms with van der Waals surface area (Å²) in [7, 11) is 0. The molecule has 1 fully saturated rings. The second kappa shape index (κ2) is 7.37. The van der Waals surface area contributed by atoms with Crippen LogP contribution in [0, 0.1) is 4.77 Å². The Kier molecular flexibility index (Phi) is 5.20. The molecule has 1 N–H and O–H groups in total. The van der Waals surface area contributed by atoms with Crippen LogP contribution in [0.15, 0.2) is 42.5 Å². The lowest BCUT2D eigenvalue weighted by Gasteiger charge is -2.41. The SMILES string of the molecule is FC(F)(F)c1cc(-n2c(C3(c4ccc(Cl)cc4)CCC3)n[nH]c2=S)cc(C(F)(F)F)c1. The van der Waals surface area contributed by atoms with Crippen LogP contribution in [-0.2, 0) is 17.8 Å². The van der Waals surface area contributed by atoms with Crippen molar-refractivity contribution in [2.45, 2.75) is 37.0 Å². The van der Waals surface area contributed by atoms with Crippen LogP contribution in [0.4, 0.5) is 26.3 Å². The third-order valence-electron chi connectivity index (χ3n) is 5.53. The summed E-state index contributed by atoms with van der Waals surface area (Å²) in [4.78, 5) is 0. The van der Waals surface area contributed by atoms with E-state index >= 15 is 0 Å². The van der Waals surface area contributed by atoms with E-state index in [4.69, 9.17) is 23.8 Å². The summed E-state index contributed by atoms with van der Waals surface area (Å²) in [5, 5.41) is 7.26. The molecule has 2 aromatic carbocycles. The summed E-state index contributed by atoms with van der Waals surface area (Å²) < 4.78 is 81.2. The van der Waals surface area contributed by atoms with Gasteiger partial charge in [-0.15, -0.1) is 0 Å². The molecule has 0 aliphatic heterocycles. The molecule has 1 aliphatic carbocycles. The summed E-state index contributed by atoms with van der Waals surface area (Å²) >= 11 is 11.2. The first kappa shape index (κ1) is 21.9. The van der Waals surface area contributed by atoms with E-state index in [9.17, 15) is 26.3 Å². The van der Waals surface area contributed by atoms with E-state index in [1.807, 2.05) is 0 Å². The summed E-state index contributed by atoms with van der Waals surface area (Å²) in [6, 6.07) is 8.29. The first-order valence-electron chi connectivity index (χ1n) is 9.16. The van der Waals surface area contributed by atoms with Crippen molar-refractivity contribution in [1.29, 1.82) is 0 Å². The highest BCUT2D eigenvalue weighted by atomic mass is 35.5. The number of aromatic amines is 1. The predicted octanol–water partition coefficient (Wildman–Crippen LogP) is 7.09. The van der Waals surface area contributed by atoms with Gasteiger partial charge in [0.25, 0.3) is 0 Å². The van der Waals surface area contributed by atoms with Crippen molar-refractivity contribution in [1.82, 2.24) is 14.8 Å². The van der Waals surface area contributed by atoms with Crippen molar-refractivity contribution in [2.24, 2.45) is 0 Å². The summed E-state index contributed by atoms with van der Waals surface area (Å²) in [6.45, 7) is 0. The summed E-state index contributed by atoms with van der Waals surface area (Å²) in [6.07, 6.45) is -7.89. The third-order valence-corrected chi connectivity index (χ3v) is 6.06. The average Bonchev–Trinajstić information content (AvgIpc) is 3.02. The van der Waals surface area contributed by atoms with Crippen molar-refractivity contribution in [3.8, 4) is 5.69 Å². The summed E-state index contributed by atoms with van der Waals surface area (Å²) in [5.41, 5.74) is -3.08. The molecule has 0 atom stereocenters. The van der Waals surface area contributed by atoms with Gasteiger partial charge in [-0.1, -0.05) is 30.2 Å². The van der Waals surface area contributed by atoms with E-state index in [0.29, 0.717) is 30.0 Å². The molecule has 1 heterocycles. The molecule has 0 bridgehead atoms. The number of halogens is 7. The first-order chi connectivity index (χ1) is 14.4. The van der Waals surface area contributed by atoms with Crippen LogP contribution in [0.3, 0.4) is 0 Å². The zero-order chi connectivity index (χ0) is 22.6. The van der Waals surface area contributed by atoms with E-state index in [-0.39, 0.29) is 22.3 Å². The number of alkyl halides is 6. The molecule has 3 nitrogen and oxygen atoms in total. The topological polar surface area (TPSA) is 33.6 Å².